The highest BCUT2D eigenvalue weighted by atomic mass is 32.2. The fraction of sp³-hybridized carbons (Fsp3) is 0.278. The number of para-hydroxylation sites is 2. The minimum Gasteiger partial charge on any atom is -0.378 e. The molecule has 0 atom stereocenters. The summed E-state index contributed by atoms with van der Waals surface area (Å²) in [5, 5.41) is 3.25. The SMILES string of the molecule is COC(C)(C)CC(=O)N=S1(=O)c2ccccc2Nc2ccccc21. The van der Waals surface area contributed by atoms with Crippen molar-refractivity contribution in [3.05, 3.63) is 48.5 Å². The van der Waals surface area contributed by atoms with Crippen LogP contribution in [-0.2, 0) is 19.3 Å². The van der Waals surface area contributed by atoms with E-state index >= 15 is 0 Å². The number of hydrogen-bond donors (Lipinski definition) is 1. The van der Waals surface area contributed by atoms with Crippen LogP contribution in [0.5, 0.6) is 0 Å². The van der Waals surface area contributed by atoms with Crippen molar-refractivity contribution in [1.82, 2.24) is 0 Å². The Kier molecular flexibility index (Phi) is 4.19. The molecule has 1 heterocycles. The van der Waals surface area contributed by atoms with E-state index in [0.29, 0.717) is 21.2 Å². The highest BCUT2D eigenvalue weighted by Gasteiger charge is 2.30. The molecule has 1 amide bonds. The number of anilines is 2. The average molecular weight is 344 g/mol. The molecule has 1 aliphatic heterocycles. The number of nitrogens with one attached hydrogen (secondary N) is 1. The molecule has 2 aromatic carbocycles. The fourth-order valence-corrected chi connectivity index (χ4v) is 4.74. The van der Waals surface area contributed by atoms with Gasteiger partial charge in [-0.3, -0.25) is 4.79 Å². The predicted octanol–water partition coefficient (Wildman–Crippen LogP) is 3.97. The van der Waals surface area contributed by atoms with Gasteiger partial charge in [-0.1, -0.05) is 24.3 Å². The third-order valence-electron chi connectivity index (χ3n) is 4.00. The van der Waals surface area contributed by atoms with Crippen LogP contribution < -0.4 is 5.32 Å². The summed E-state index contributed by atoms with van der Waals surface area (Å²) in [6.07, 6.45) is 0.0677. The van der Waals surface area contributed by atoms with Gasteiger partial charge in [-0.2, -0.15) is 4.36 Å². The standard InChI is InChI=1S/C18H20N2O3S/c1-18(2,23-3)12-17(21)20-24(22)15-10-6-4-8-13(15)19-14-9-5-7-11-16(14)24/h4-11,19H,12H2,1-3H3. The monoisotopic (exact) mass is 344 g/mol. The van der Waals surface area contributed by atoms with Crippen molar-refractivity contribution in [2.24, 2.45) is 4.36 Å². The molecule has 1 aliphatic rings. The van der Waals surface area contributed by atoms with E-state index in [2.05, 4.69) is 9.68 Å². The minimum atomic E-state index is -3.03. The maximum Gasteiger partial charge on any atom is 0.257 e. The van der Waals surface area contributed by atoms with Crippen molar-refractivity contribution < 1.29 is 13.7 Å². The Labute approximate surface area is 142 Å². The summed E-state index contributed by atoms with van der Waals surface area (Å²) < 4.78 is 23.2. The molecule has 3 rings (SSSR count). The van der Waals surface area contributed by atoms with Gasteiger partial charge in [0.1, 0.15) is 9.73 Å². The number of hydrogen-bond acceptors (Lipinski definition) is 4. The Balaban J connectivity index is 2.17. The smallest absolute Gasteiger partial charge is 0.257 e. The van der Waals surface area contributed by atoms with Crippen molar-refractivity contribution >= 4 is 27.0 Å². The third-order valence-corrected chi connectivity index (χ3v) is 6.36. The zero-order valence-corrected chi connectivity index (χ0v) is 14.7. The minimum absolute atomic E-state index is 0.0677. The number of nitrogens with zero attached hydrogens (tertiary/aromatic N) is 1. The number of fused-ring (bicyclic) bond motifs is 2. The van der Waals surface area contributed by atoms with E-state index in [0.717, 1.165) is 0 Å². The van der Waals surface area contributed by atoms with Crippen molar-refractivity contribution in [2.75, 3.05) is 12.4 Å². The molecule has 0 unspecified atom stereocenters. The molecule has 0 aliphatic carbocycles. The van der Waals surface area contributed by atoms with E-state index in [1.165, 1.54) is 0 Å². The van der Waals surface area contributed by atoms with Crippen molar-refractivity contribution in [2.45, 2.75) is 35.7 Å². The zero-order valence-electron chi connectivity index (χ0n) is 13.9. The first-order valence-electron chi connectivity index (χ1n) is 7.66. The summed E-state index contributed by atoms with van der Waals surface area (Å²) in [7, 11) is -1.49. The molecule has 5 nitrogen and oxygen atoms in total. The van der Waals surface area contributed by atoms with Crippen LogP contribution in [0.2, 0.25) is 0 Å². The Morgan fingerprint density at radius 1 is 1.08 bits per heavy atom. The predicted molar refractivity (Wildman–Crippen MR) is 94.0 cm³/mol. The topological polar surface area (TPSA) is 67.8 Å². The summed E-state index contributed by atoms with van der Waals surface area (Å²) in [4.78, 5) is 13.5. The van der Waals surface area contributed by atoms with Gasteiger partial charge in [0.05, 0.1) is 33.2 Å². The lowest BCUT2D eigenvalue weighted by Gasteiger charge is -2.25. The summed E-state index contributed by atoms with van der Waals surface area (Å²) in [5.41, 5.74) is 0.773. The highest BCUT2D eigenvalue weighted by molar-refractivity contribution is 7.94. The second-order valence-corrected chi connectivity index (χ2v) is 8.38. The van der Waals surface area contributed by atoms with Crippen LogP contribution in [0.4, 0.5) is 11.4 Å². The number of carbonyl (C=O) groups excluding carboxylic acids is 1. The van der Waals surface area contributed by atoms with Crippen LogP contribution in [0.15, 0.2) is 62.7 Å². The summed E-state index contributed by atoms with van der Waals surface area (Å²) in [5.74, 6) is -0.432. The van der Waals surface area contributed by atoms with Crippen LogP contribution in [0.1, 0.15) is 20.3 Å². The van der Waals surface area contributed by atoms with Gasteiger partial charge in [0.2, 0.25) is 0 Å². The number of ether oxygens (including phenoxy) is 1. The van der Waals surface area contributed by atoms with Crippen LogP contribution in [0.3, 0.4) is 0 Å². The molecule has 0 aromatic heterocycles. The van der Waals surface area contributed by atoms with Gasteiger partial charge in [-0.15, -0.1) is 0 Å². The van der Waals surface area contributed by atoms with E-state index in [1.807, 2.05) is 24.3 Å². The van der Waals surface area contributed by atoms with Gasteiger partial charge in [-0.05, 0) is 38.1 Å². The van der Waals surface area contributed by atoms with Gasteiger partial charge < -0.3 is 10.1 Å². The first-order valence-corrected chi connectivity index (χ1v) is 9.17. The lowest BCUT2D eigenvalue weighted by molar-refractivity contribution is -0.122. The number of benzene rings is 2. The molecule has 0 saturated carbocycles. The van der Waals surface area contributed by atoms with Crippen LogP contribution >= 0.6 is 0 Å². The largest absolute Gasteiger partial charge is 0.378 e. The second kappa shape index (κ2) is 6.03. The maximum absolute atomic E-state index is 13.8. The molecule has 1 N–H and O–H groups in total. The molecule has 2 aromatic rings. The van der Waals surface area contributed by atoms with Gasteiger partial charge >= 0.3 is 0 Å². The molecule has 0 fully saturated rings. The molecule has 6 heteroatoms. The highest BCUT2D eigenvalue weighted by Crippen LogP contribution is 2.40. The Bertz CT molecular complexity index is 860. The number of amides is 1. The Morgan fingerprint density at radius 2 is 1.58 bits per heavy atom. The molecule has 0 saturated heterocycles. The molecule has 0 radical (unpaired) electrons. The quantitative estimate of drug-likeness (QED) is 0.780. The van der Waals surface area contributed by atoms with Gasteiger partial charge in [0, 0.05) is 7.11 Å². The fourth-order valence-electron chi connectivity index (χ4n) is 2.60. The first kappa shape index (κ1) is 16.7. The summed E-state index contributed by atoms with van der Waals surface area (Å²) >= 11 is 0. The van der Waals surface area contributed by atoms with E-state index in [4.69, 9.17) is 4.74 Å². The summed E-state index contributed by atoms with van der Waals surface area (Å²) in [6, 6.07) is 14.5. The molecule has 0 bridgehead atoms. The van der Waals surface area contributed by atoms with Gasteiger partial charge in [-0.25, -0.2) is 4.21 Å². The van der Waals surface area contributed by atoms with Crippen molar-refractivity contribution in [3.8, 4) is 0 Å². The number of rotatable bonds is 3. The second-order valence-electron chi connectivity index (χ2n) is 6.27. The molecule has 24 heavy (non-hydrogen) atoms. The zero-order chi connectivity index (χ0) is 17.4. The lowest BCUT2D eigenvalue weighted by atomic mass is 10.1. The molecule has 0 spiro atoms. The van der Waals surface area contributed by atoms with E-state index in [9.17, 15) is 9.00 Å². The molecule has 126 valence electrons. The van der Waals surface area contributed by atoms with Crippen molar-refractivity contribution in [1.29, 1.82) is 0 Å². The average Bonchev–Trinajstić information content (AvgIpc) is 2.54. The lowest BCUT2D eigenvalue weighted by Crippen LogP contribution is -2.26. The van der Waals surface area contributed by atoms with Crippen LogP contribution in [0.25, 0.3) is 0 Å². The van der Waals surface area contributed by atoms with E-state index < -0.39 is 21.2 Å². The normalized spacial score (nSPS) is 15.0. The molecular weight excluding hydrogens is 324 g/mol. The number of methoxy groups -OCH3 is 1. The Hall–Kier alpha value is -2.18. The molecular formula is C18H20N2O3S. The number of carbonyl (C=O) groups is 1. The summed E-state index contributed by atoms with van der Waals surface area (Å²) in [6.45, 7) is 3.61. The van der Waals surface area contributed by atoms with Crippen LogP contribution in [-0.4, -0.2) is 22.8 Å². The Morgan fingerprint density at radius 3 is 2.08 bits per heavy atom. The first-order chi connectivity index (χ1) is 11.4. The van der Waals surface area contributed by atoms with E-state index in [1.54, 1.807) is 45.2 Å². The van der Waals surface area contributed by atoms with Gasteiger partial charge in [0.15, 0.2) is 0 Å². The maximum atomic E-state index is 13.8. The van der Waals surface area contributed by atoms with Crippen LogP contribution in [0, 0.1) is 0 Å². The third kappa shape index (κ3) is 2.95. The van der Waals surface area contributed by atoms with E-state index in [-0.39, 0.29) is 6.42 Å². The van der Waals surface area contributed by atoms with Gasteiger partial charge in [0.25, 0.3) is 5.91 Å². The van der Waals surface area contributed by atoms with Crippen molar-refractivity contribution in [3.63, 3.8) is 0 Å².